The van der Waals surface area contributed by atoms with Crippen LogP contribution >= 0.6 is 0 Å². The van der Waals surface area contributed by atoms with E-state index in [-0.39, 0.29) is 0 Å². The minimum atomic E-state index is -5.77. The topological polar surface area (TPSA) is 72.3 Å². The highest BCUT2D eigenvalue weighted by Gasteiger charge is 2.59. The number of aromatic carboxylic acids is 1. The van der Waals surface area contributed by atoms with Gasteiger partial charge in [-0.25, -0.2) is 14.8 Å². The lowest BCUT2D eigenvalue weighted by molar-refractivity contribution is -0.300. The molecule has 0 aliphatic carbocycles. The molecule has 0 radical (unpaired) electrons. The highest BCUT2D eigenvalue weighted by Crippen LogP contribution is 2.36. The van der Waals surface area contributed by atoms with Crippen molar-refractivity contribution in [1.82, 2.24) is 9.97 Å². The van der Waals surface area contributed by atoms with Crippen molar-refractivity contribution >= 4 is 5.97 Å². The second kappa shape index (κ2) is 4.90. The molecule has 0 aliphatic rings. The van der Waals surface area contributed by atoms with Crippen molar-refractivity contribution in [1.29, 1.82) is 0 Å². The van der Waals surface area contributed by atoms with Gasteiger partial charge in [0.05, 0.1) is 0 Å². The number of carbonyl (C=O) groups is 1. The number of aromatic nitrogens is 2. The lowest BCUT2D eigenvalue weighted by atomic mass is 10.3. The van der Waals surface area contributed by atoms with Crippen LogP contribution in [0.5, 0.6) is 5.88 Å². The summed E-state index contributed by atoms with van der Waals surface area (Å²) in [6, 6.07) is 0. The van der Waals surface area contributed by atoms with Crippen LogP contribution < -0.4 is 4.74 Å². The molecule has 1 rings (SSSR count). The minimum Gasteiger partial charge on any atom is -0.476 e. The molecule has 0 amide bonds. The summed E-state index contributed by atoms with van der Waals surface area (Å²) in [6.45, 7) is 0. The third kappa shape index (κ3) is 3.69. The van der Waals surface area contributed by atoms with Gasteiger partial charge in [-0.15, -0.1) is 0 Å². The Balaban J connectivity index is 3.15. The van der Waals surface area contributed by atoms with Crippen LogP contribution in [0.4, 0.5) is 26.3 Å². The largest absolute Gasteiger partial charge is 0.476 e. The molecule has 1 aromatic rings. The fraction of sp³-hybridized carbons (Fsp3) is 0.375. The maximum Gasteiger partial charge on any atom is 0.434 e. The van der Waals surface area contributed by atoms with Gasteiger partial charge in [-0.2, -0.15) is 26.3 Å². The molecule has 0 saturated heterocycles. The second-order valence-electron chi connectivity index (χ2n) is 3.10. The molecule has 11 heteroatoms. The highest BCUT2D eigenvalue weighted by molar-refractivity contribution is 5.87. The molecule has 0 unspecified atom stereocenters. The summed E-state index contributed by atoms with van der Waals surface area (Å²) < 4.78 is 76.8. The van der Waals surface area contributed by atoms with E-state index >= 15 is 0 Å². The molecule has 19 heavy (non-hydrogen) atoms. The first-order valence-corrected chi connectivity index (χ1v) is 4.38. The predicted octanol–water partition coefficient (Wildman–Crippen LogP) is 2.05. The van der Waals surface area contributed by atoms with Crippen LogP contribution in [0.2, 0.25) is 0 Å². The molecule has 0 spiro atoms. The standard InChI is InChI=1S/C8H4F6N2O3/c9-7(10,11)6(8(12,13)14)19-4-3(5(17)18)15-1-2-16-4/h1-2,6H,(H,17,18). The maximum atomic E-state index is 12.2. The maximum absolute atomic E-state index is 12.2. The third-order valence-electron chi connectivity index (χ3n) is 1.69. The van der Waals surface area contributed by atoms with Gasteiger partial charge in [-0.1, -0.05) is 0 Å². The second-order valence-corrected chi connectivity index (χ2v) is 3.10. The van der Waals surface area contributed by atoms with Gasteiger partial charge in [0.15, 0.2) is 0 Å². The van der Waals surface area contributed by atoms with Crippen LogP contribution in [-0.4, -0.2) is 39.5 Å². The molecular weight excluding hydrogens is 286 g/mol. The van der Waals surface area contributed by atoms with Gasteiger partial charge in [0.1, 0.15) is 0 Å². The summed E-state index contributed by atoms with van der Waals surface area (Å²) >= 11 is 0. The van der Waals surface area contributed by atoms with Crippen molar-refractivity contribution in [3.05, 3.63) is 18.1 Å². The van der Waals surface area contributed by atoms with E-state index in [0.717, 1.165) is 6.20 Å². The van der Waals surface area contributed by atoms with Crippen LogP contribution in [0, 0.1) is 0 Å². The van der Waals surface area contributed by atoms with Crippen LogP contribution in [0.3, 0.4) is 0 Å². The highest BCUT2D eigenvalue weighted by atomic mass is 19.4. The zero-order valence-electron chi connectivity index (χ0n) is 8.66. The Labute approximate surface area is 100 Å². The van der Waals surface area contributed by atoms with E-state index in [1.54, 1.807) is 0 Å². The SMILES string of the molecule is O=C(O)c1nccnc1OC(C(F)(F)F)C(F)(F)F. The van der Waals surface area contributed by atoms with Crippen molar-refractivity contribution in [2.24, 2.45) is 0 Å². The van der Waals surface area contributed by atoms with E-state index in [9.17, 15) is 31.1 Å². The molecule has 0 fully saturated rings. The molecule has 0 aromatic carbocycles. The van der Waals surface area contributed by atoms with Gasteiger partial charge in [0.2, 0.25) is 11.6 Å². The van der Waals surface area contributed by atoms with Crippen LogP contribution in [-0.2, 0) is 0 Å². The molecule has 0 aliphatic heterocycles. The first-order valence-electron chi connectivity index (χ1n) is 4.38. The van der Waals surface area contributed by atoms with Gasteiger partial charge in [-0.3, -0.25) is 0 Å². The van der Waals surface area contributed by atoms with E-state index in [4.69, 9.17) is 5.11 Å². The Morgan fingerprint density at radius 1 is 1.11 bits per heavy atom. The Hall–Kier alpha value is -2.07. The first kappa shape index (κ1) is 15.0. The smallest absolute Gasteiger partial charge is 0.434 e. The number of halogens is 6. The molecule has 1 N–H and O–H groups in total. The van der Waals surface area contributed by atoms with Crippen molar-refractivity contribution in [2.75, 3.05) is 0 Å². The van der Waals surface area contributed by atoms with E-state index in [0.29, 0.717) is 6.20 Å². The average Bonchev–Trinajstić information content (AvgIpc) is 2.23. The summed E-state index contributed by atoms with van der Waals surface area (Å²) in [4.78, 5) is 16.6. The monoisotopic (exact) mass is 290 g/mol. The van der Waals surface area contributed by atoms with Crippen molar-refractivity contribution < 1.29 is 41.0 Å². The lowest BCUT2D eigenvalue weighted by Crippen LogP contribution is -2.47. The van der Waals surface area contributed by atoms with E-state index in [2.05, 4.69) is 14.7 Å². The van der Waals surface area contributed by atoms with Crippen molar-refractivity contribution in [3.63, 3.8) is 0 Å². The van der Waals surface area contributed by atoms with Crippen molar-refractivity contribution in [2.45, 2.75) is 18.5 Å². The normalized spacial score (nSPS) is 12.6. The zero-order chi connectivity index (χ0) is 14.8. The number of nitrogens with zero attached hydrogens (tertiary/aromatic N) is 2. The Kier molecular flexibility index (Phi) is 3.86. The molecular formula is C8H4F6N2O3. The fourth-order valence-electron chi connectivity index (χ4n) is 0.989. The van der Waals surface area contributed by atoms with Gasteiger partial charge in [0, 0.05) is 12.4 Å². The summed E-state index contributed by atoms with van der Waals surface area (Å²) in [6.07, 6.45) is -14.2. The summed E-state index contributed by atoms with van der Waals surface area (Å²) in [5, 5.41) is 8.54. The van der Waals surface area contributed by atoms with Gasteiger partial charge in [-0.05, 0) is 0 Å². The Morgan fingerprint density at radius 2 is 1.58 bits per heavy atom. The summed E-state index contributed by atoms with van der Waals surface area (Å²) in [5.41, 5.74) is -1.15. The molecule has 1 heterocycles. The number of rotatable bonds is 3. The Morgan fingerprint density at radius 3 is 2.00 bits per heavy atom. The van der Waals surface area contributed by atoms with Crippen LogP contribution in [0.25, 0.3) is 0 Å². The number of carboxylic acids is 1. The molecule has 5 nitrogen and oxygen atoms in total. The van der Waals surface area contributed by atoms with Crippen LogP contribution in [0.1, 0.15) is 10.5 Å². The van der Waals surface area contributed by atoms with Gasteiger partial charge in [0.25, 0.3) is 6.10 Å². The number of carboxylic acid groups (broad SMARTS) is 1. The number of hydrogen-bond acceptors (Lipinski definition) is 4. The van der Waals surface area contributed by atoms with Gasteiger partial charge < -0.3 is 9.84 Å². The predicted molar refractivity (Wildman–Crippen MR) is 45.5 cm³/mol. The zero-order valence-corrected chi connectivity index (χ0v) is 8.66. The Bertz CT molecular complexity index is 458. The molecule has 106 valence electrons. The fourth-order valence-corrected chi connectivity index (χ4v) is 0.989. The molecule has 1 aromatic heterocycles. The minimum absolute atomic E-state index is 0.700. The average molecular weight is 290 g/mol. The molecule has 0 bridgehead atoms. The lowest BCUT2D eigenvalue weighted by Gasteiger charge is -2.23. The van der Waals surface area contributed by atoms with Crippen LogP contribution in [0.15, 0.2) is 12.4 Å². The van der Waals surface area contributed by atoms with E-state index < -0.39 is 36.0 Å². The number of hydrogen-bond donors (Lipinski definition) is 1. The first-order chi connectivity index (χ1) is 8.53. The summed E-state index contributed by atoms with van der Waals surface area (Å²) in [7, 11) is 0. The number of ether oxygens (including phenoxy) is 1. The van der Waals surface area contributed by atoms with E-state index in [1.165, 1.54) is 0 Å². The van der Waals surface area contributed by atoms with E-state index in [1.807, 2.05) is 0 Å². The summed E-state index contributed by atoms with van der Waals surface area (Å²) in [5.74, 6) is -3.24. The quantitative estimate of drug-likeness (QED) is 0.862. The van der Waals surface area contributed by atoms with Gasteiger partial charge >= 0.3 is 18.3 Å². The number of alkyl halides is 6. The van der Waals surface area contributed by atoms with Crippen molar-refractivity contribution in [3.8, 4) is 5.88 Å². The molecule has 0 atom stereocenters. The third-order valence-corrected chi connectivity index (χ3v) is 1.69. The molecule has 0 saturated carbocycles.